The highest BCUT2D eigenvalue weighted by Gasteiger charge is 2.18. The van der Waals surface area contributed by atoms with E-state index in [0.29, 0.717) is 6.42 Å². The smallest absolute Gasteiger partial charge is 0.220 e. The van der Waals surface area contributed by atoms with Crippen LogP contribution in [0.15, 0.2) is 34.6 Å². The van der Waals surface area contributed by atoms with Crippen LogP contribution < -0.4 is 5.32 Å². The second-order valence-corrected chi connectivity index (χ2v) is 7.72. The van der Waals surface area contributed by atoms with Gasteiger partial charge in [0, 0.05) is 42.9 Å². The van der Waals surface area contributed by atoms with Gasteiger partial charge in [0.15, 0.2) is 0 Å². The van der Waals surface area contributed by atoms with Crippen LogP contribution in [0, 0.1) is 13.8 Å². The maximum Gasteiger partial charge on any atom is 0.220 e. The fourth-order valence-electron chi connectivity index (χ4n) is 2.69. The highest BCUT2D eigenvalue weighted by Crippen LogP contribution is 2.23. The first-order valence-corrected chi connectivity index (χ1v) is 10.1. The molecule has 0 saturated heterocycles. The second kappa shape index (κ2) is 8.40. The van der Waals surface area contributed by atoms with E-state index in [1.165, 1.54) is 5.56 Å². The fraction of sp³-hybridized carbons (Fsp3) is 0.389. The van der Waals surface area contributed by atoms with E-state index in [1.807, 2.05) is 25.4 Å². The molecule has 3 heterocycles. The Morgan fingerprint density at radius 3 is 2.88 bits per heavy atom. The van der Waals surface area contributed by atoms with Crippen molar-refractivity contribution in [3.63, 3.8) is 0 Å². The van der Waals surface area contributed by atoms with Crippen molar-refractivity contribution in [2.75, 3.05) is 0 Å². The Labute approximate surface area is 155 Å². The summed E-state index contributed by atoms with van der Waals surface area (Å²) in [6.45, 7) is 4.77. The normalized spacial score (nSPS) is 12.2. The Bertz CT molecular complexity index is 807. The molecule has 0 bridgehead atoms. The van der Waals surface area contributed by atoms with Crippen molar-refractivity contribution in [2.24, 2.45) is 0 Å². The van der Waals surface area contributed by atoms with Gasteiger partial charge in [0.05, 0.1) is 6.04 Å². The van der Waals surface area contributed by atoms with E-state index in [9.17, 15) is 4.79 Å². The molecule has 0 spiro atoms. The molecular weight excluding hydrogens is 352 g/mol. The monoisotopic (exact) mass is 374 g/mol. The minimum absolute atomic E-state index is 0.0595. The van der Waals surface area contributed by atoms with Gasteiger partial charge in [-0.25, -0.2) is 9.97 Å². The number of hydrogen-bond acceptors (Lipinski definition) is 5. The number of imidazole rings is 1. The van der Waals surface area contributed by atoms with Crippen molar-refractivity contribution in [3.05, 3.63) is 56.7 Å². The number of carbonyl (C=O) groups is 1. The number of aromatic nitrogens is 3. The summed E-state index contributed by atoms with van der Waals surface area (Å²) < 4.78 is 2.07. The number of thiophene rings is 1. The lowest BCUT2D eigenvalue weighted by Gasteiger charge is -2.16. The molecule has 1 N–H and O–H groups in total. The summed E-state index contributed by atoms with van der Waals surface area (Å²) in [5, 5.41) is 10.4. The average molecular weight is 375 g/mol. The number of nitrogens with one attached hydrogen (secondary N) is 1. The zero-order chi connectivity index (χ0) is 17.6. The Morgan fingerprint density at radius 1 is 1.36 bits per heavy atom. The third-order valence-electron chi connectivity index (χ3n) is 4.02. The molecule has 0 radical (unpaired) electrons. The van der Waals surface area contributed by atoms with Gasteiger partial charge in [-0.15, -0.1) is 11.3 Å². The quantitative estimate of drug-likeness (QED) is 0.650. The summed E-state index contributed by atoms with van der Waals surface area (Å²) >= 11 is 3.29. The van der Waals surface area contributed by atoms with Crippen molar-refractivity contribution in [2.45, 2.75) is 45.7 Å². The minimum atomic E-state index is -0.0595. The Hall–Kier alpha value is -1.99. The summed E-state index contributed by atoms with van der Waals surface area (Å²) in [5.74, 6) is 1.06. The van der Waals surface area contributed by atoms with Gasteiger partial charge in [0.2, 0.25) is 5.91 Å². The van der Waals surface area contributed by atoms with Gasteiger partial charge in [-0.1, -0.05) is 0 Å². The average Bonchev–Trinajstić information content (AvgIpc) is 3.31. The third-order valence-corrected chi connectivity index (χ3v) is 5.82. The van der Waals surface area contributed by atoms with Crippen molar-refractivity contribution in [3.8, 4) is 0 Å². The fourth-order valence-corrected chi connectivity index (χ4v) is 4.22. The van der Waals surface area contributed by atoms with E-state index in [1.54, 1.807) is 28.9 Å². The number of aryl methyl sites for hydroxylation is 3. The van der Waals surface area contributed by atoms with E-state index in [-0.39, 0.29) is 11.9 Å². The molecule has 0 aliphatic heterocycles. The third kappa shape index (κ3) is 4.99. The highest BCUT2D eigenvalue weighted by molar-refractivity contribution is 7.09. The Balaban J connectivity index is 1.57. The Kier molecular flexibility index (Phi) is 5.99. The van der Waals surface area contributed by atoms with Gasteiger partial charge in [0.1, 0.15) is 10.8 Å². The van der Waals surface area contributed by atoms with Gasteiger partial charge in [-0.05, 0) is 42.7 Å². The SMILES string of the molecule is Cc1csc([C@@H](Cc2ccsc2)NC(=O)CCCn2ccnc2C)n1. The number of carbonyl (C=O) groups excluding carboxylic acids is 1. The molecule has 0 aliphatic rings. The molecule has 1 amide bonds. The number of hydrogen-bond donors (Lipinski definition) is 1. The van der Waals surface area contributed by atoms with Crippen molar-refractivity contribution >= 4 is 28.6 Å². The highest BCUT2D eigenvalue weighted by atomic mass is 32.1. The molecule has 132 valence electrons. The second-order valence-electron chi connectivity index (χ2n) is 6.05. The van der Waals surface area contributed by atoms with Crippen LogP contribution in [-0.2, 0) is 17.8 Å². The van der Waals surface area contributed by atoms with Crippen LogP contribution in [0.3, 0.4) is 0 Å². The summed E-state index contributed by atoms with van der Waals surface area (Å²) in [6.07, 6.45) is 5.82. The lowest BCUT2D eigenvalue weighted by atomic mass is 10.1. The van der Waals surface area contributed by atoms with Crippen LogP contribution >= 0.6 is 22.7 Å². The molecule has 1 atom stereocenters. The molecule has 3 aromatic heterocycles. The van der Waals surface area contributed by atoms with Crippen LogP contribution in [0.1, 0.15) is 41.0 Å². The molecule has 0 aliphatic carbocycles. The first-order valence-electron chi connectivity index (χ1n) is 8.32. The number of rotatable bonds is 8. The molecule has 0 aromatic carbocycles. The standard InChI is InChI=1S/C18H22N4OS2/c1-13-11-25-18(20-13)16(10-15-5-9-24-12-15)21-17(23)4-3-7-22-8-6-19-14(22)2/h5-6,8-9,11-12,16H,3-4,7,10H2,1-2H3,(H,21,23)/t16-/m1/s1. The van der Waals surface area contributed by atoms with Crippen molar-refractivity contribution in [1.29, 1.82) is 0 Å². The van der Waals surface area contributed by atoms with Gasteiger partial charge < -0.3 is 9.88 Å². The topological polar surface area (TPSA) is 59.8 Å². The van der Waals surface area contributed by atoms with Gasteiger partial charge in [-0.2, -0.15) is 11.3 Å². The zero-order valence-corrected chi connectivity index (χ0v) is 16.1. The van der Waals surface area contributed by atoms with E-state index in [4.69, 9.17) is 0 Å². The van der Waals surface area contributed by atoms with Crippen LogP contribution in [0.2, 0.25) is 0 Å². The lowest BCUT2D eigenvalue weighted by Crippen LogP contribution is -2.29. The van der Waals surface area contributed by atoms with Gasteiger partial charge in [-0.3, -0.25) is 4.79 Å². The van der Waals surface area contributed by atoms with Crippen LogP contribution in [0.5, 0.6) is 0 Å². The van der Waals surface area contributed by atoms with Crippen molar-refractivity contribution < 1.29 is 4.79 Å². The maximum atomic E-state index is 12.4. The molecule has 3 aromatic rings. The van der Waals surface area contributed by atoms with Crippen molar-refractivity contribution in [1.82, 2.24) is 19.9 Å². The Morgan fingerprint density at radius 2 is 2.24 bits per heavy atom. The van der Waals surface area contributed by atoms with E-state index >= 15 is 0 Å². The first-order chi connectivity index (χ1) is 12.1. The zero-order valence-electron chi connectivity index (χ0n) is 14.4. The first kappa shape index (κ1) is 17.8. The predicted molar refractivity (Wildman–Crippen MR) is 102 cm³/mol. The van der Waals surface area contributed by atoms with Crippen LogP contribution in [0.4, 0.5) is 0 Å². The predicted octanol–water partition coefficient (Wildman–Crippen LogP) is 3.90. The number of nitrogens with zero attached hydrogens (tertiary/aromatic N) is 3. The maximum absolute atomic E-state index is 12.4. The summed E-state index contributed by atoms with van der Waals surface area (Å²) in [5.41, 5.74) is 2.23. The molecule has 0 unspecified atom stereocenters. The van der Waals surface area contributed by atoms with E-state index in [2.05, 4.69) is 36.7 Å². The van der Waals surface area contributed by atoms with E-state index in [0.717, 1.165) is 35.9 Å². The molecule has 0 saturated carbocycles. The molecule has 25 heavy (non-hydrogen) atoms. The van der Waals surface area contributed by atoms with E-state index < -0.39 is 0 Å². The molecule has 0 fully saturated rings. The molecular formula is C18H22N4OS2. The van der Waals surface area contributed by atoms with Gasteiger partial charge >= 0.3 is 0 Å². The molecule has 3 rings (SSSR count). The minimum Gasteiger partial charge on any atom is -0.347 e. The summed E-state index contributed by atoms with van der Waals surface area (Å²) in [7, 11) is 0. The summed E-state index contributed by atoms with van der Waals surface area (Å²) in [4.78, 5) is 21.2. The summed E-state index contributed by atoms with van der Waals surface area (Å²) in [6, 6.07) is 2.04. The van der Waals surface area contributed by atoms with Crippen LogP contribution in [-0.4, -0.2) is 20.4 Å². The molecule has 7 heteroatoms. The van der Waals surface area contributed by atoms with Crippen LogP contribution in [0.25, 0.3) is 0 Å². The van der Waals surface area contributed by atoms with Gasteiger partial charge in [0.25, 0.3) is 0 Å². The largest absolute Gasteiger partial charge is 0.347 e. The molecule has 5 nitrogen and oxygen atoms in total. The number of amides is 1. The number of thiazole rings is 1. The lowest BCUT2D eigenvalue weighted by molar-refractivity contribution is -0.122.